The number of nitrogens with zero attached hydrogens (tertiary/aromatic N) is 3. The van der Waals surface area contributed by atoms with E-state index in [1.54, 1.807) is 0 Å². The zero-order chi connectivity index (χ0) is 36.6. The van der Waals surface area contributed by atoms with Crippen LogP contribution in [0.3, 0.4) is 0 Å². The highest BCUT2D eigenvalue weighted by Crippen LogP contribution is 2.43. The molecule has 3 heteroatoms. The first-order chi connectivity index (χ1) is 27.3. The molecule has 0 atom stereocenters. The maximum Gasteiger partial charge on any atom is 0.0794 e. The summed E-state index contributed by atoms with van der Waals surface area (Å²) in [7, 11) is 0. The van der Waals surface area contributed by atoms with E-state index < -0.39 is 0 Å². The third-order valence-corrected chi connectivity index (χ3v) is 10.4. The highest BCUT2D eigenvalue weighted by atomic mass is 15.1. The van der Waals surface area contributed by atoms with Gasteiger partial charge in [-0.1, -0.05) is 164 Å². The van der Waals surface area contributed by atoms with Crippen molar-refractivity contribution in [3.63, 3.8) is 0 Å². The number of para-hydroxylation sites is 2. The molecule has 55 heavy (non-hydrogen) atoms. The van der Waals surface area contributed by atoms with Crippen LogP contribution in [0, 0.1) is 0 Å². The van der Waals surface area contributed by atoms with E-state index in [0.29, 0.717) is 0 Å². The molecule has 0 bridgehead atoms. The van der Waals surface area contributed by atoms with Crippen molar-refractivity contribution in [2.75, 3.05) is 4.90 Å². The molecule has 0 aliphatic heterocycles. The molecule has 0 fully saturated rings. The van der Waals surface area contributed by atoms with E-state index >= 15 is 0 Å². The van der Waals surface area contributed by atoms with E-state index in [9.17, 15) is 0 Å². The number of anilines is 3. The molecule has 0 radical (unpaired) electrons. The molecule has 258 valence electrons. The molecule has 2 heterocycles. The Hall–Kier alpha value is -7.36. The smallest absolute Gasteiger partial charge is 0.0794 e. The van der Waals surface area contributed by atoms with Gasteiger partial charge in [0.1, 0.15) is 0 Å². The summed E-state index contributed by atoms with van der Waals surface area (Å²) in [5.74, 6) is 0. The van der Waals surface area contributed by atoms with E-state index in [4.69, 9.17) is 9.97 Å². The minimum Gasteiger partial charge on any atom is -0.310 e. The average Bonchev–Trinajstić information content (AvgIpc) is 3.27. The largest absolute Gasteiger partial charge is 0.310 e. The predicted molar refractivity (Wildman–Crippen MR) is 231 cm³/mol. The molecule has 0 aliphatic carbocycles. The molecule has 10 rings (SSSR count). The number of pyridine rings is 2. The summed E-state index contributed by atoms with van der Waals surface area (Å²) in [6.45, 7) is 0. The predicted octanol–water partition coefficient (Wildman–Crippen LogP) is 14.1. The first-order valence-electron chi connectivity index (χ1n) is 18.7. The number of aromatic nitrogens is 2. The number of hydrogen-bond donors (Lipinski definition) is 0. The molecule has 0 amide bonds. The number of benzene rings is 8. The van der Waals surface area contributed by atoms with Gasteiger partial charge in [0.15, 0.2) is 0 Å². The van der Waals surface area contributed by atoms with Gasteiger partial charge in [-0.05, 0) is 70.4 Å². The van der Waals surface area contributed by atoms with Crippen molar-refractivity contribution in [2.24, 2.45) is 0 Å². The van der Waals surface area contributed by atoms with E-state index in [1.807, 2.05) is 12.1 Å². The fraction of sp³-hybridized carbons (Fsp3) is 0. The van der Waals surface area contributed by atoms with Crippen LogP contribution in [0.15, 0.2) is 212 Å². The SMILES string of the molecule is c1ccc(-c2cc(-c3ccccc3-c3nc4cc(N(c5ccccc5)c5ccccc5)ccc4c4c3ccc3ccccc34)cc(-c3ccccc3)n2)cc1. The molecular formula is C52H35N3. The van der Waals surface area contributed by atoms with Crippen LogP contribution in [0.4, 0.5) is 17.1 Å². The van der Waals surface area contributed by atoms with Gasteiger partial charge < -0.3 is 4.90 Å². The molecule has 0 aliphatic rings. The van der Waals surface area contributed by atoms with Crippen molar-refractivity contribution in [3.05, 3.63) is 212 Å². The van der Waals surface area contributed by atoms with Crippen molar-refractivity contribution >= 4 is 49.5 Å². The standard InChI is InChI=1S/C52H35N3/c1-5-18-37(19-6-1)48-33-39(34-49(53-48)38-20-7-2-8-21-38)43-26-15-16-28-45(43)52-47-31-29-36-17-13-14-27-44(36)51(47)46-32-30-42(35-50(46)54-52)55(40-22-9-3-10-23-40)41-24-11-4-12-25-41/h1-35H. The molecule has 0 saturated heterocycles. The third-order valence-electron chi connectivity index (χ3n) is 10.4. The van der Waals surface area contributed by atoms with Crippen LogP contribution in [0.5, 0.6) is 0 Å². The normalized spacial score (nSPS) is 11.3. The Bertz CT molecular complexity index is 2860. The van der Waals surface area contributed by atoms with Crippen LogP contribution in [0.1, 0.15) is 0 Å². The lowest BCUT2D eigenvalue weighted by Crippen LogP contribution is -2.09. The third kappa shape index (κ3) is 5.98. The molecule has 3 nitrogen and oxygen atoms in total. The van der Waals surface area contributed by atoms with Gasteiger partial charge in [-0.15, -0.1) is 0 Å². The number of hydrogen-bond acceptors (Lipinski definition) is 3. The summed E-state index contributed by atoms with van der Waals surface area (Å²) < 4.78 is 0. The van der Waals surface area contributed by atoms with Crippen molar-refractivity contribution in [3.8, 4) is 44.9 Å². The molecule has 8 aromatic carbocycles. The van der Waals surface area contributed by atoms with Crippen molar-refractivity contribution < 1.29 is 0 Å². The van der Waals surface area contributed by atoms with Gasteiger partial charge in [0.2, 0.25) is 0 Å². The molecule has 0 N–H and O–H groups in total. The monoisotopic (exact) mass is 701 g/mol. The second-order valence-electron chi connectivity index (χ2n) is 13.8. The average molecular weight is 702 g/mol. The van der Waals surface area contributed by atoms with E-state index in [2.05, 4.69) is 205 Å². The van der Waals surface area contributed by atoms with E-state index in [0.717, 1.165) is 78.3 Å². The zero-order valence-electron chi connectivity index (χ0n) is 30.0. The van der Waals surface area contributed by atoms with Gasteiger partial charge in [-0.2, -0.15) is 0 Å². The molecule has 0 spiro atoms. The minimum absolute atomic E-state index is 0.931. The Kier molecular flexibility index (Phi) is 8.16. The van der Waals surface area contributed by atoms with Crippen LogP contribution in [0.25, 0.3) is 77.3 Å². The lowest BCUT2D eigenvalue weighted by molar-refractivity contribution is 1.28. The van der Waals surface area contributed by atoms with Crippen LogP contribution in [0.2, 0.25) is 0 Å². The van der Waals surface area contributed by atoms with Crippen LogP contribution < -0.4 is 4.90 Å². The topological polar surface area (TPSA) is 29.0 Å². The van der Waals surface area contributed by atoms with E-state index in [1.165, 1.54) is 16.2 Å². The van der Waals surface area contributed by atoms with Gasteiger partial charge in [-0.3, -0.25) is 0 Å². The fourth-order valence-electron chi connectivity index (χ4n) is 7.85. The Morgan fingerprint density at radius 1 is 0.327 bits per heavy atom. The summed E-state index contributed by atoms with van der Waals surface area (Å²) in [6.07, 6.45) is 0. The van der Waals surface area contributed by atoms with Crippen molar-refractivity contribution in [1.29, 1.82) is 0 Å². The Morgan fingerprint density at radius 3 is 1.49 bits per heavy atom. The highest BCUT2D eigenvalue weighted by molar-refractivity contribution is 6.23. The lowest BCUT2D eigenvalue weighted by atomic mass is 9.91. The summed E-state index contributed by atoms with van der Waals surface area (Å²) in [5, 5.41) is 5.86. The quantitative estimate of drug-likeness (QED) is 0.155. The summed E-state index contributed by atoms with van der Waals surface area (Å²) >= 11 is 0. The maximum absolute atomic E-state index is 5.62. The molecule has 0 unspecified atom stereocenters. The van der Waals surface area contributed by atoms with Crippen molar-refractivity contribution in [2.45, 2.75) is 0 Å². The molecule has 2 aromatic heterocycles. The Morgan fingerprint density at radius 2 is 0.855 bits per heavy atom. The van der Waals surface area contributed by atoms with Crippen LogP contribution >= 0.6 is 0 Å². The maximum atomic E-state index is 5.62. The first-order valence-corrected chi connectivity index (χ1v) is 18.7. The summed E-state index contributed by atoms with van der Waals surface area (Å²) in [4.78, 5) is 13.1. The highest BCUT2D eigenvalue weighted by Gasteiger charge is 2.20. The van der Waals surface area contributed by atoms with Gasteiger partial charge in [0.05, 0.1) is 22.6 Å². The second-order valence-corrected chi connectivity index (χ2v) is 13.8. The molecule has 0 saturated carbocycles. The van der Waals surface area contributed by atoms with Gasteiger partial charge in [-0.25, -0.2) is 9.97 Å². The fourth-order valence-corrected chi connectivity index (χ4v) is 7.85. The van der Waals surface area contributed by atoms with Crippen LogP contribution in [-0.2, 0) is 0 Å². The Labute approximate surface area is 320 Å². The number of fused-ring (bicyclic) bond motifs is 5. The van der Waals surface area contributed by atoms with Gasteiger partial charge >= 0.3 is 0 Å². The molecule has 10 aromatic rings. The van der Waals surface area contributed by atoms with Crippen molar-refractivity contribution in [1.82, 2.24) is 9.97 Å². The van der Waals surface area contributed by atoms with E-state index in [-0.39, 0.29) is 0 Å². The van der Waals surface area contributed by atoms with Gasteiger partial charge in [0, 0.05) is 49.9 Å². The molecular weight excluding hydrogens is 667 g/mol. The first kappa shape index (κ1) is 32.3. The second kappa shape index (κ2) is 13.9. The zero-order valence-corrected chi connectivity index (χ0v) is 30.0. The Balaban J connectivity index is 1.24. The summed E-state index contributed by atoms with van der Waals surface area (Å²) in [5.41, 5.74) is 12.4. The minimum atomic E-state index is 0.931. The van der Waals surface area contributed by atoms with Gasteiger partial charge in [0.25, 0.3) is 0 Å². The lowest BCUT2D eigenvalue weighted by Gasteiger charge is -2.26. The number of rotatable bonds is 7. The summed E-state index contributed by atoms with van der Waals surface area (Å²) in [6, 6.07) is 75.0. The van der Waals surface area contributed by atoms with Crippen LogP contribution in [-0.4, -0.2) is 9.97 Å².